The molecule has 0 aromatic carbocycles. The molecule has 1 saturated heterocycles. The first-order chi connectivity index (χ1) is 8.85. The summed E-state index contributed by atoms with van der Waals surface area (Å²) in [5.41, 5.74) is 0. The maximum absolute atomic E-state index is 4.30. The number of rotatable bonds is 3. The summed E-state index contributed by atoms with van der Waals surface area (Å²) >= 11 is 1.81. The van der Waals surface area contributed by atoms with Gasteiger partial charge in [0.2, 0.25) is 0 Å². The van der Waals surface area contributed by atoms with Crippen molar-refractivity contribution in [2.75, 3.05) is 44.7 Å². The van der Waals surface area contributed by atoms with Crippen LogP contribution in [0.2, 0.25) is 0 Å². The van der Waals surface area contributed by atoms with E-state index in [2.05, 4.69) is 44.2 Å². The van der Waals surface area contributed by atoms with Crippen LogP contribution in [0.5, 0.6) is 0 Å². The van der Waals surface area contributed by atoms with Crippen molar-refractivity contribution >= 4 is 22.3 Å². The van der Waals surface area contributed by atoms with Crippen LogP contribution >= 0.6 is 11.3 Å². The Balaban J connectivity index is 1.87. The summed E-state index contributed by atoms with van der Waals surface area (Å²) in [6, 6.07) is 4.29. The second-order valence-electron chi connectivity index (χ2n) is 4.14. The monoisotopic (exact) mass is 264 g/mol. The molecule has 4 nitrogen and oxygen atoms in total. The third-order valence-corrected chi connectivity index (χ3v) is 3.94. The van der Waals surface area contributed by atoms with Gasteiger partial charge in [-0.25, -0.2) is 0 Å². The van der Waals surface area contributed by atoms with E-state index < -0.39 is 0 Å². The zero-order valence-electron chi connectivity index (χ0n) is 10.8. The topological polar surface area (TPSA) is 30.9 Å². The van der Waals surface area contributed by atoms with E-state index in [0.717, 1.165) is 38.7 Å². The fourth-order valence-corrected chi connectivity index (χ4v) is 2.87. The molecule has 1 aliphatic rings. The van der Waals surface area contributed by atoms with Gasteiger partial charge in [0.25, 0.3) is 0 Å². The maximum Gasteiger partial charge on any atom is 0.194 e. The summed E-state index contributed by atoms with van der Waals surface area (Å²) < 4.78 is 0. The van der Waals surface area contributed by atoms with Crippen molar-refractivity contribution in [3.05, 3.63) is 30.2 Å². The number of hydrogen-bond donors (Lipinski definition) is 1. The van der Waals surface area contributed by atoms with Gasteiger partial charge < -0.3 is 15.1 Å². The first kappa shape index (κ1) is 13.0. The zero-order valence-corrected chi connectivity index (χ0v) is 11.6. The van der Waals surface area contributed by atoms with E-state index in [1.54, 1.807) is 11.3 Å². The SMILES string of the molecule is C=CCNC(=NC)N1CCN(c2cccs2)CC1. The number of nitrogens with one attached hydrogen (secondary N) is 1. The van der Waals surface area contributed by atoms with E-state index in [0.29, 0.717) is 0 Å². The zero-order chi connectivity index (χ0) is 12.8. The third-order valence-electron chi connectivity index (χ3n) is 3.01. The molecule has 0 atom stereocenters. The summed E-state index contributed by atoms with van der Waals surface area (Å²) in [6.45, 7) is 8.60. The number of guanidine groups is 1. The smallest absolute Gasteiger partial charge is 0.194 e. The van der Waals surface area contributed by atoms with Crippen LogP contribution in [0.25, 0.3) is 0 Å². The average molecular weight is 264 g/mol. The number of nitrogens with zero attached hydrogens (tertiary/aromatic N) is 3. The lowest BCUT2D eigenvalue weighted by atomic mass is 10.3. The minimum atomic E-state index is 0.762. The molecular weight excluding hydrogens is 244 g/mol. The molecule has 1 aromatic heterocycles. The molecule has 2 heterocycles. The van der Waals surface area contributed by atoms with Crippen LogP contribution in [0, 0.1) is 0 Å². The standard InChI is InChI=1S/C13H20N4S/c1-3-6-15-13(14-2)17-9-7-16(8-10-17)12-5-4-11-18-12/h3-5,11H,1,6-10H2,2H3,(H,14,15). The van der Waals surface area contributed by atoms with Crippen molar-refractivity contribution in [1.82, 2.24) is 10.2 Å². The van der Waals surface area contributed by atoms with Crippen LogP contribution in [0.3, 0.4) is 0 Å². The fraction of sp³-hybridized carbons (Fsp3) is 0.462. The van der Waals surface area contributed by atoms with Gasteiger partial charge in [-0.05, 0) is 17.5 Å². The minimum absolute atomic E-state index is 0.762. The quantitative estimate of drug-likeness (QED) is 0.511. The summed E-state index contributed by atoms with van der Waals surface area (Å²) in [5.74, 6) is 0.973. The van der Waals surface area contributed by atoms with Crippen LogP contribution in [0.4, 0.5) is 5.00 Å². The first-order valence-corrected chi connectivity index (χ1v) is 7.08. The van der Waals surface area contributed by atoms with Gasteiger partial charge in [0.05, 0.1) is 5.00 Å². The van der Waals surface area contributed by atoms with Crippen molar-refractivity contribution in [3.8, 4) is 0 Å². The van der Waals surface area contributed by atoms with Gasteiger partial charge in [0, 0.05) is 39.8 Å². The fourth-order valence-electron chi connectivity index (χ4n) is 2.08. The normalized spacial score (nSPS) is 16.8. The Labute approximate surface area is 113 Å². The van der Waals surface area contributed by atoms with E-state index >= 15 is 0 Å². The molecule has 0 amide bonds. The second-order valence-corrected chi connectivity index (χ2v) is 5.07. The van der Waals surface area contributed by atoms with Gasteiger partial charge in [0.1, 0.15) is 0 Å². The number of hydrogen-bond acceptors (Lipinski definition) is 3. The largest absolute Gasteiger partial charge is 0.360 e. The molecule has 1 fully saturated rings. The third kappa shape index (κ3) is 3.04. The van der Waals surface area contributed by atoms with E-state index in [1.807, 2.05) is 13.1 Å². The average Bonchev–Trinajstić information content (AvgIpc) is 2.94. The van der Waals surface area contributed by atoms with Gasteiger partial charge in [-0.3, -0.25) is 4.99 Å². The highest BCUT2D eigenvalue weighted by molar-refractivity contribution is 7.14. The molecule has 0 aliphatic carbocycles. The number of thiophene rings is 1. The lowest BCUT2D eigenvalue weighted by molar-refractivity contribution is 0.375. The number of aliphatic imine (C=N–C) groups is 1. The highest BCUT2D eigenvalue weighted by Gasteiger charge is 2.19. The van der Waals surface area contributed by atoms with Gasteiger partial charge in [0.15, 0.2) is 5.96 Å². The van der Waals surface area contributed by atoms with Gasteiger partial charge in [-0.1, -0.05) is 6.08 Å². The van der Waals surface area contributed by atoms with Gasteiger partial charge in [-0.15, -0.1) is 17.9 Å². The Morgan fingerprint density at radius 1 is 1.50 bits per heavy atom. The predicted octanol–water partition coefficient (Wildman–Crippen LogP) is 1.63. The molecule has 1 aromatic rings. The van der Waals surface area contributed by atoms with Gasteiger partial charge >= 0.3 is 0 Å². The van der Waals surface area contributed by atoms with E-state index in [4.69, 9.17) is 0 Å². The summed E-state index contributed by atoms with van der Waals surface area (Å²) in [7, 11) is 1.83. The molecule has 2 rings (SSSR count). The molecule has 98 valence electrons. The molecule has 1 aliphatic heterocycles. The van der Waals surface area contributed by atoms with Crippen molar-refractivity contribution in [2.24, 2.45) is 4.99 Å². The maximum atomic E-state index is 4.30. The van der Waals surface area contributed by atoms with Crippen LogP contribution in [-0.4, -0.2) is 50.6 Å². The Hall–Kier alpha value is -1.49. The van der Waals surface area contributed by atoms with E-state index in [-0.39, 0.29) is 0 Å². The lowest BCUT2D eigenvalue weighted by Gasteiger charge is -2.36. The van der Waals surface area contributed by atoms with Crippen LogP contribution in [-0.2, 0) is 0 Å². The summed E-state index contributed by atoms with van der Waals surface area (Å²) in [5, 5.41) is 6.78. The minimum Gasteiger partial charge on any atom is -0.360 e. The van der Waals surface area contributed by atoms with Crippen LogP contribution < -0.4 is 10.2 Å². The summed E-state index contributed by atoms with van der Waals surface area (Å²) in [6.07, 6.45) is 1.85. The molecule has 18 heavy (non-hydrogen) atoms. The van der Waals surface area contributed by atoms with Crippen molar-refractivity contribution in [1.29, 1.82) is 0 Å². The second kappa shape index (κ2) is 6.44. The Kier molecular flexibility index (Phi) is 4.64. The van der Waals surface area contributed by atoms with Crippen molar-refractivity contribution < 1.29 is 0 Å². The highest BCUT2D eigenvalue weighted by Crippen LogP contribution is 2.22. The molecule has 0 spiro atoms. The first-order valence-electron chi connectivity index (χ1n) is 6.20. The molecule has 0 unspecified atom stereocenters. The Morgan fingerprint density at radius 2 is 2.28 bits per heavy atom. The molecule has 5 heteroatoms. The van der Waals surface area contributed by atoms with Crippen LogP contribution in [0.1, 0.15) is 0 Å². The van der Waals surface area contributed by atoms with Crippen molar-refractivity contribution in [2.45, 2.75) is 0 Å². The molecule has 0 bridgehead atoms. The van der Waals surface area contributed by atoms with Crippen LogP contribution in [0.15, 0.2) is 35.2 Å². The number of anilines is 1. The molecule has 0 saturated carbocycles. The molecule has 0 radical (unpaired) electrons. The lowest BCUT2D eigenvalue weighted by Crippen LogP contribution is -2.52. The Morgan fingerprint density at radius 3 is 2.83 bits per heavy atom. The van der Waals surface area contributed by atoms with E-state index in [9.17, 15) is 0 Å². The summed E-state index contributed by atoms with van der Waals surface area (Å²) in [4.78, 5) is 9.04. The molecule has 1 N–H and O–H groups in total. The highest BCUT2D eigenvalue weighted by atomic mass is 32.1. The van der Waals surface area contributed by atoms with E-state index in [1.165, 1.54) is 5.00 Å². The number of piperazine rings is 1. The van der Waals surface area contributed by atoms with Crippen molar-refractivity contribution in [3.63, 3.8) is 0 Å². The Bertz CT molecular complexity index is 391. The molecular formula is C13H20N4S. The van der Waals surface area contributed by atoms with Gasteiger partial charge in [-0.2, -0.15) is 0 Å². The predicted molar refractivity (Wildman–Crippen MR) is 79.7 cm³/mol.